The number of pyridine rings is 1. The quantitative estimate of drug-likeness (QED) is 0.474. The molecule has 2 aromatic heterocycles. The molecule has 29 heavy (non-hydrogen) atoms. The van der Waals surface area contributed by atoms with E-state index in [0.29, 0.717) is 16.9 Å². The van der Waals surface area contributed by atoms with Gasteiger partial charge in [-0.3, -0.25) is 19.4 Å². The van der Waals surface area contributed by atoms with Crippen molar-refractivity contribution >= 4 is 34.7 Å². The first kappa shape index (κ1) is 20.3. The average Bonchev–Trinajstić information content (AvgIpc) is 3.17. The summed E-state index contributed by atoms with van der Waals surface area (Å²) in [5, 5.41) is 5.18. The third-order valence-electron chi connectivity index (χ3n) is 4.00. The molecule has 0 radical (unpaired) electrons. The molecule has 0 fully saturated rings. The van der Waals surface area contributed by atoms with Gasteiger partial charge in [-0.05, 0) is 38.1 Å². The molecule has 1 N–H and O–H groups in total. The fourth-order valence-electron chi connectivity index (χ4n) is 2.51. The van der Waals surface area contributed by atoms with E-state index < -0.39 is 18.0 Å². The number of aromatic nitrogens is 2. The number of ketones is 1. The van der Waals surface area contributed by atoms with Crippen LogP contribution in [0.1, 0.15) is 29.9 Å². The van der Waals surface area contributed by atoms with Crippen LogP contribution in [0.5, 0.6) is 0 Å². The van der Waals surface area contributed by atoms with Crippen molar-refractivity contribution in [2.45, 2.75) is 26.4 Å². The molecule has 2 heterocycles. The molecule has 0 unspecified atom stereocenters. The van der Waals surface area contributed by atoms with Gasteiger partial charge in [0.25, 0.3) is 5.91 Å². The van der Waals surface area contributed by atoms with E-state index in [2.05, 4.69) is 15.3 Å². The minimum Gasteiger partial charge on any atom is -0.452 e. The van der Waals surface area contributed by atoms with Crippen LogP contribution in [0.2, 0.25) is 0 Å². The van der Waals surface area contributed by atoms with Crippen molar-refractivity contribution in [2.24, 2.45) is 0 Å². The van der Waals surface area contributed by atoms with Gasteiger partial charge in [-0.25, -0.2) is 4.98 Å². The molecule has 0 bridgehead atoms. The first-order chi connectivity index (χ1) is 13.9. The lowest BCUT2D eigenvalue weighted by atomic mass is 10.1. The smallest absolute Gasteiger partial charge is 0.312 e. The van der Waals surface area contributed by atoms with E-state index in [1.165, 1.54) is 25.2 Å². The lowest BCUT2D eigenvalue weighted by Gasteiger charge is -2.13. The van der Waals surface area contributed by atoms with Crippen molar-refractivity contribution < 1.29 is 19.1 Å². The molecule has 7 nitrogen and oxygen atoms in total. The number of nitrogens with one attached hydrogen (secondary N) is 1. The van der Waals surface area contributed by atoms with Crippen LogP contribution in [-0.4, -0.2) is 33.7 Å². The number of carbonyl (C=O) groups is 3. The van der Waals surface area contributed by atoms with Crippen LogP contribution in [0, 0.1) is 0 Å². The van der Waals surface area contributed by atoms with Gasteiger partial charge >= 0.3 is 5.97 Å². The van der Waals surface area contributed by atoms with Crippen LogP contribution >= 0.6 is 11.3 Å². The van der Waals surface area contributed by atoms with E-state index >= 15 is 0 Å². The largest absolute Gasteiger partial charge is 0.452 e. The van der Waals surface area contributed by atoms with Gasteiger partial charge in [-0.2, -0.15) is 0 Å². The molecule has 8 heteroatoms. The van der Waals surface area contributed by atoms with Gasteiger partial charge in [0.15, 0.2) is 11.9 Å². The summed E-state index contributed by atoms with van der Waals surface area (Å²) in [6.45, 7) is 2.94. The maximum Gasteiger partial charge on any atom is 0.312 e. The highest BCUT2D eigenvalue weighted by Crippen LogP contribution is 2.23. The summed E-state index contributed by atoms with van der Waals surface area (Å²) in [6.07, 6.45) is 2.36. The van der Waals surface area contributed by atoms with Gasteiger partial charge in [-0.15, -0.1) is 11.3 Å². The number of rotatable bonds is 7. The van der Waals surface area contributed by atoms with Crippen LogP contribution in [0.25, 0.3) is 10.6 Å². The van der Waals surface area contributed by atoms with Crippen LogP contribution in [0.3, 0.4) is 0 Å². The number of ether oxygens (including phenoxy) is 1. The fourth-order valence-corrected chi connectivity index (χ4v) is 3.32. The van der Waals surface area contributed by atoms with Crippen molar-refractivity contribution in [3.63, 3.8) is 0 Å². The number of Topliss-reactive ketones (excluding diaryl/α,β-unsaturated/α-hetero) is 1. The second-order valence-corrected chi connectivity index (χ2v) is 7.18. The Kier molecular flexibility index (Phi) is 6.46. The number of esters is 1. The Balaban J connectivity index is 1.55. The molecule has 3 aromatic rings. The number of benzene rings is 1. The zero-order valence-electron chi connectivity index (χ0n) is 15.9. The van der Waals surface area contributed by atoms with Crippen molar-refractivity contribution in [2.75, 3.05) is 5.32 Å². The summed E-state index contributed by atoms with van der Waals surface area (Å²) in [6, 6.07) is 10.3. The van der Waals surface area contributed by atoms with Crippen LogP contribution in [-0.2, 0) is 20.7 Å². The number of nitrogens with zero attached hydrogens (tertiary/aromatic N) is 2. The summed E-state index contributed by atoms with van der Waals surface area (Å²) in [5.41, 5.74) is 2.39. The molecular weight excluding hydrogens is 390 g/mol. The minimum absolute atomic E-state index is 0.0335. The van der Waals surface area contributed by atoms with Crippen LogP contribution in [0.15, 0.2) is 54.2 Å². The molecule has 3 rings (SSSR count). The van der Waals surface area contributed by atoms with Crippen LogP contribution < -0.4 is 5.32 Å². The average molecular weight is 409 g/mol. The molecule has 0 aliphatic heterocycles. The van der Waals surface area contributed by atoms with Gasteiger partial charge in [-0.1, -0.05) is 12.1 Å². The highest BCUT2D eigenvalue weighted by Gasteiger charge is 2.19. The van der Waals surface area contributed by atoms with Gasteiger partial charge in [0.2, 0.25) is 0 Å². The molecule has 148 valence electrons. The Morgan fingerprint density at radius 1 is 1.21 bits per heavy atom. The Bertz CT molecular complexity index is 1030. The summed E-state index contributed by atoms with van der Waals surface area (Å²) >= 11 is 1.41. The molecule has 0 aliphatic carbocycles. The molecule has 1 atom stereocenters. The molecule has 0 saturated carbocycles. The van der Waals surface area contributed by atoms with E-state index in [0.717, 1.165) is 10.6 Å². The highest BCUT2D eigenvalue weighted by molar-refractivity contribution is 7.13. The molecule has 0 saturated heterocycles. The standard InChI is InChI=1S/C21H19N3O4S/c1-13(25)15-5-3-7-17(9-15)23-20(27)14(2)28-19(26)10-18-12-29-21(24-18)16-6-4-8-22-11-16/h3-9,11-12,14H,10H2,1-2H3,(H,23,27)/t14-/m1/s1. The summed E-state index contributed by atoms with van der Waals surface area (Å²) in [5.74, 6) is -1.13. The normalized spacial score (nSPS) is 11.5. The van der Waals surface area contributed by atoms with Crippen molar-refractivity contribution in [1.82, 2.24) is 9.97 Å². The van der Waals surface area contributed by atoms with Gasteiger partial charge in [0, 0.05) is 34.6 Å². The van der Waals surface area contributed by atoms with Crippen LogP contribution in [0.4, 0.5) is 5.69 Å². The third-order valence-corrected chi connectivity index (χ3v) is 4.94. The van der Waals surface area contributed by atoms with E-state index in [1.54, 1.807) is 42.0 Å². The van der Waals surface area contributed by atoms with Gasteiger partial charge in [0.05, 0.1) is 12.1 Å². The Morgan fingerprint density at radius 3 is 2.76 bits per heavy atom. The van der Waals surface area contributed by atoms with Crippen molar-refractivity contribution in [3.8, 4) is 10.6 Å². The second-order valence-electron chi connectivity index (χ2n) is 6.32. The zero-order chi connectivity index (χ0) is 20.8. The first-order valence-corrected chi connectivity index (χ1v) is 9.76. The third kappa shape index (κ3) is 5.55. The number of amides is 1. The van der Waals surface area contributed by atoms with Gasteiger partial charge in [0.1, 0.15) is 5.01 Å². The van der Waals surface area contributed by atoms with Gasteiger partial charge < -0.3 is 10.1 Å². The summed E-state index contributed by atoms with van der Waals surface area (Å²) in [7, 11) is 0. The molecular formula is C21H19N3O4S. The topological polar surface area (TPSA) is 98.2 Å². The summed E-state index contributed by atoms with van der Waals surface area (Å²) in [4.78, 5) is 44.4. The van der Waals surface area contributed by atoms with E-state index in [9.17, 15) is 14.4 Å². The Morgan fingerprint density at radius 2 is 2.03 bits per heavy atom. The lowest BCUT2D eigenvalue weighted by Crippen LogP contribution is -2.30. The fraction of sp³-hybridized carbons (Fsp3) is 0.190. The first-order valence-electron chi connectivity index (χ1n) is 8.88. The molecule has 1 amide bonds. The Labute approximate surface area is 171 Å². The number of carbonyl (C=O) groups excluding carboxylic acids is 3. The predicted octanol–water partition coefficient (Wildman–Crippen LogP) is 3.52. The molecule has 0 spiro atoms. The van der Waals surface area contributed by atoms with E-state index in [-0.39, 0.29) is 12.2 Å². The predicted molar refractivity (Wildman–Crippen MR) is 110 cm³/mol. The summed E-state index contributed by atoms with van der Waals surface area (Å²) < 4.78 is 5.22. The number of hydrogen-bond acceptors (Lipinski definition) is 7. The minimum atomic E-state index is -0.986. The number of anilines is 1. The lowest BCUT2D eigenvalue weighted by molar-refractivity contribution is -0.152. The number of hydrogen-bond donors (Lipinski definition) is 1. The monoisotopic (exact) mass is 409 g/mol. The molecule has 1 aromatic carbocycles. The zero-order valence-corrected chi connectivity index (χ0v) is 16.7. The highest BCUT2D eigenvalue weighted by atomic mass is 32.1. The number of thiazole rings is 1. The Hall–Kier alpha value is -3.39. The maximum atomic E-state index is 12.3. The SMILES string of the molecule is CC(=O)c1cccc(NC(=O)[C@@H](C)OC(=O)Cc2csc(-c3cccnc3)n2)c1. The maximum absolute atomic E-state index is 12.3. The van der Waals surface area contributed by atoms with E-state index in [4.69, 9.17) is 4.74 Å². The molecule has 0 aliphatic rings. The second kappa shape index (κ2) is 9.20. The van der Waals surface area contributed by atoms with E-state index in [1.807, 2.05) is 12.1 Å². The van der Waals surface area contributed by atoms with Crippen molar-refractivity contribution in [1.29, 1.82) is 0 Å². The van der Waals surface area contributed by atoms with Crippen molar-refractivity contribution in [3.05, 3.63) is 65.4 Å².